The van der Waals surface area contributed by atoms with Crippen molar-refractivity contribution in [2.24, 2.45) is 0 Å². The number of aryl methyl sites for hydroxylation is 1. The van der Waals surface area contributed by atoms with E-state index in [0.717, 1.165) is 35.1 Å². The van der Waals surface area contributed by atoms with Gasteiger partial charge in [0, 0.05) is 31.2 Å². The van der Waals surface area contributed by atoms with Gasteiger partial charge in [0.15, 0.2) is 0 Å². The van der Waals surface area contributed by atoms with E-state index in [1.807, 2.05) is 56.5 Å². The Kier molecular flexibility index (Phi) is 13.2. The number of rotatable bonds is 11. The molecule has 1 heterocycles. The number of nitrogens with one attached hydrogen (secondary N) is 2. The van der Waals surface area contributed by atoms with Gasteiger partial charge in [0.25, 0.3) is 5.91 Å². The Labute approximate surface area is 242 Å². The second-order valence-electron chi connectivity index (χ2n) is 9.18. The van der Waals surface area contributed by atoms with Crippen molar-refractivity contribution >= 4 is 29.7 Å². The van der Waals surface area contributed by atoms with Crippen molar-refractivity contribution in [2.75, 3.05) is 31.7 Å². The summed E-state index contributed by atoms with van der Waals surface area (Å²) in [5.74, 6) is -0.780. The Morgan fingerprint density at radius 1 is 1.16 bits per heavy atom. The van der Waals surface area contributed by atoms with E-state index in [-0.39, 0.29) is 32.4 Å². The van der Waals surface area contributed by atoms with Crippen LogP contribution < -0.4 is 29.5 Å². The minimum absolute atomic E-state index is 0. The maximum absolute atomic E-state index is 13.2. The number of amides is 2. The fourth-order valence-corrected chi connectivity index (χ4v) is 4.94. The Bertz CT molecular complexity index is 1100. The first-order valence-corrected chi connectivity index (χ1v) is 14.1. The van der Waals surface area contributed by atoms with Crippen LogP contribution in [0.25, 0.3) is 11.1 Å². The van der Waals surface area contributed by atoms with Crippen molar-refractivity contribution in [3.05, 3.63) is 59.2 Å². The summed E-state index contributed by atoms with van der Waals surface area (Å²) in [5, 5.41) is 15.9. The van der Waals surface area contributed by atoms with Crippen molar-refractivity contribution in [1.29, 1.82) is 0 Å². The summed E-state index contributed by atoms with van der Waals surface area (Å²) in [7, 11) is 0. The van der Waals surface area contributed by atoms with Gasteiger partial charge >= 0.3 is 30.9 Å². The molecule has 2 aromatic rings. The monoisotopic (exact) mass is 535 g/mol. The number of benzene rings is 2. The summed E-state index contributed by atoms with van der Waals surface area (Å²) in [6.07, 6.45) is 3.70. The molecule has 0 unspecified atom stereocenters. The number of ether oxygens (including phenoxy) is 1. The van der Waals surface area contributed by atoms with Crippen LogP contribution in [0.4, 0.5) is 4.79 Å². The van der Waals surface area contributed by atoms with Crippen molar-refractivity contribution in [3.8, 4) is 11.1 Å². The van der Waals surface area contributed by atoms with Crippen LogP contribution in [0.1, 0.15) is 49.1 Å². The fraction of sp³-hybridized carbons (Fsp3) is 0.464. The van der Waals surface area contributed by atoms with E-state index >= 15 is 0 Å². The number of aliphatic carboxylic acids is 1. The number of nitrogens with zero attached hydrogens (tertiary/aromatic N) is 1. The minimum atomic E-state index is -1.03. The van der Waals surface area contributed by atoms with Gasteiger partial charge in [0.1, 0.15) is 6.04 Å². The zero-order valence-corrected chi connectivity index (χ0v) is 23.6. The summed E-state index contributed by atoms with van der Waals surface area (Å²) in [4.78, 5) is 38.6. The van der Waals surface area contributed by atoms with Gasteiger partial charge in [-0.05, 0) is 79.5 Å². The maximum atomic E-state index is 13.2. The number of carbonyl (C=O) groups is 3. The van der Waals surface area contributed by atoms with Gasteiger partial charge < -0.3 is 26.8 Å². The summed E-state index contributed by atoms with van der Waals surface area (Å²) < 4.78 is 5.10. The molecule has 8 nitrogen and oxygen atoms in total. The van der Waals surface area contributed by atoms with Crippen LogP contribution in [0.3, 0.4) is 0 Å². The summed E-state index contributed by atoms with van der Waals surface area (Å²) >= 11 is 1.55. The Hall–Kier alpha value is -2.44. The van der Waals surface area contributed by atoms with Crippen LogP contribution in [0.2, 0.25) is 0 Å². The van der Waals surface area contributed by atoms with E-state index in [1.165, 1.54) is 0 Å². The van der Waals surface area contributed by atoms with Gasteiger partial charge in [0.05, 0.1) is 6.61 Å². The molecule has 0 saturated carbocycles. The summed E-state index contributed by atoms with van der Waals surface area (Å²) in [6, 6.07) is 12.9. The average Bonchev–Trinajstić information content (AvgIpc) is 2.90. The molecule has 0 bridgehead atoms. The van der Waals surface area contributed by atoms with Crippen molar-refractivity contribution < 1.29 is 44.5 Å². The van der Waals surface area contributed by atoms with E-state index in [0.29, 0.717) is 44.0 Å². The predicted molar refractivity (Wildman–Crippen MR) is 148 cm³/mol. The molecule has 0 radical (unpaired) electrons. The molecule has 1 aliphatic rings. The Balaban J connectivity index is 0.00000380. The third-order valence-corrected chi connectivity index (χ3v) is 7.24. The number of carboxylic acid groups (broad SMARTS) is 1. The van der Waals surface area contributed by atoms with Gasteiger partial charge in [-0.15, -0.1) is 0 Å². The Morgan fingerprint density at radius 3 is 2.50 bits per heavy atom. The molecule has 3 rings (SSSR count). The number of hydrogen-bond acceptors (Lipinski definition) is 6. The summed E-state index contributed by atoms with van der Waals surface area (Å²) in [5.41, 5.74) is 4.23. The molecule has 3 N–H and O–H groups in total. The first-order chi connectivity index (χ1) is 17.8. The van der Waals surface area contributed by atoms with Crippen LogP contribution in [-0.2, 0) is 16.1 Å². The number of piperidine rings is 1. The molecular formula is C28H38LiN3O5S. The van der Waals surface area contributed by atoms with Crippen LogP contribution in [0, 0.1) is 6.92 Å². The van der Waals surface area contributed by atoms with Gasteiger partial charge in [-0.2, -0.15) is 11.8 Å². The third-order valence-electron chi connectivity index (χ3n) is 6.59. The molecule has 1 atom stereocenters. The summed E-state index contributed by atoms with van der Waals surface area (Å²) in [6.45, 7) is 6.12. The smallest absolute Gasteiger partial charge is 1.00 e. The SMILES string of the molecule is CCOC(=O)N1CCC(NCc2ccc(C(=O)N[C@@H](CCSC)C(=O)O)c(-c3ccccc3C)c2)CC1.[H-].[Li+]. The molecule has 202 valence electrons. The quantitative estimate of drug-likeness (QED) is 0.374. The standard InChI is InChI=1S/C28H37N3O5S.Li.H/c1-4-36-28(35)31-14-11-21(12-15-31)29-18-20-9-10-23(24(17-20)22-8-6-5-7-19(22)2)26(32)30-25(27(33)34)13-16-37-3;;/h5-10,17,21,25,29H,4,11-16,18H2,1-3H3,(H,30,32)(H,33,34);;/q;+1;-1/t25-;;/m0../s1. The molecule has 2 amide bonds. The fourth-order valence-electron chi connectivity index (χ4n) is 4.47. The number of likely N-dealkylation sites (tertiary alicyclic amines) is 1. The molecule has 10 heteroatoms. The maximum Gasteiger partial charge on any atom is 1.00 e. The van der Waals surface area contributed by atoms with E-state index < -0.39 is 17.9 Å². The normalized spacial score (nSPS) is 14.3. The zero-order valence-electron chi connectivity index (χ0n) is 23.8. The molecule has 1 saturated heterocycles. The molecule has 1 aliphatic heterocycles. The number of hydrogen-bond donors (Lipinski definition) is 3. The first-order valence-electron chi connectivity index (χ1n) is 12.7. The van der Waals surface area contributed by atoms with Gasteiger partial charge in [-0.1, -0.05) is 30.3 Å². The molecule has 0 spiro atoms. The van der Waals surface area contributed by atoms with Crippen LogP contribution in [0.15, 0.2) is 42.5 Å². The number of thioether (sulfide) groups is 1. The minimum Gasteiger partial charge on any atom is -1.00 e. The molecule has 2 aromatic carbocycles. The van der Waals surface area contributed by atoms with Gasteiger partial charge in [-0.3, -0.25) is 4.79 Å². The van der Waals surface area contributed by atoms with Crippen LogP contribution in [-0.4, -0.2) is 71.8 Å². The van der Waals surface area contributed by atoms with E-state index in [1.54, 1.807) is 22.7 Å². The van der Waals surface area contributed by atoms with E-state index in [9.17, 15) is 19.5 Å². The largest absolute Gasteiger partial charge is 1.00 e. The van der Waals surface area contributed by atoms with Gasteiger partial charge in [0.2, 0.25) is 0 Å². The van der Waals surface area contributed by atoms with Gasteiger partial charge in [-0.25, -0.2) is 9.59 Å². The second-order valence-corrected chi connectivity index (χ2v) is 10.2. The van der Waals surface area contributed by atoms with E-state index in [2.05, 4.69) is 10.6 Å². The molecule has 1 fully saturated rings. The third kappa shape index (κ3) is 8.81. The second kappa shape index (κ2) is 15.8. The molecule has 38 heavy (non-hydrogen) atoms. The molecule has 0 aliphatic carbocycles. The van der Waals surface area contributed by atoms with Crippen LogP contribution in [0.5, 0.6) is 0 Å². The van der Waals surface area contributed by atoms with Crippen molar-refractivity contribution in [2.45, 2.75) is 51.7 Å². The van der Waals surface area contributed by atoms with Crippen molar-refractivity contribution in [1.82, 2.24) is 15.5 Å². The van der Waals surface area contributed by atoms with Crippen LogP contribution >= 0.6 is 11.8 Å². The molecule has 0 aromatic heterocycles. The molecular weight excluding hydrogens is 497 g/mol. The first kappa shape index (κ1) is 31.8. The number of carboxylic acids is 1. The zero-order chi connectivity index (χ0) is 26.8. The van der Waals surface area contributed by atoms with Crippen molar-refractivity contribution in [3.63, 3.8) is 0 Å². The average molecular weight is 536 g/mol. The van der Waals surface area contributed by atoms with E-state index in [4.69, 9.17) is 4.74 Å². The Morgan fingerprint density at radius 2 is 1.87 bits per heavy atom. The predicted octanol–water partition coefficient (Wildman–Crippen LogP) is 1.43. The topological polar surface area (TPSA) is 108 Å². The number of carbonyl (C=O) groups excluding carboxylic acids is 2.